The van der Waals surface area contributed by atoms with Crippen molar-refractivity contribution in [1.29, 1.82) is 0 Å². The van der Waals surface area contributed by atoms with Gasteiger partial charge in [-0.2, -0.15) is 0 Å². The maximum Gasteiger partial charge on any atom is 0.232 e. The first kappa shape index (κ1) is 22.1. The van der Waals surface area contributed by atoms with Crippen LogP contribution in [0.15, 0.2) is 66.9 Å². The zero-order valence-corrected chi connectivity index (χ0v) is 18.6. The van der Waals surface area contributed by atoms with E-state index in [1.54, 1.807) is 30.3 Å². The molecule has 1 N–H and O–H groups in total. The normalized spacial score (nSPS) is 16.7. The molecule has 1 saturated heterocycles. The number of halogens is 1. The molecule has 1 aromatic heterocycles. The Hall–Kier alpha value is -3.09. The maximum atomic E-state index is 13.1. The van der Waals surface area contributed by atoms with Crippen LogP contribution in [0.2, 0.25) is 0 Å². The second-order valence-electron chi connectivity index (χ2n) is 8.43. The quantitative estimate of drug-likeness (QED) is 0.642. The predicted molar refractivity (Wildman–Crippen MR) is 126 cm³/mol. The van der Waals surface area contributed by atoms with Crippen molar-refractivity contribution in [2.45, 2.75) is 25.9 Å². The molecular formula is C26H29FN4O. The smallest absolute Gasteiger partial charge is 0.232 e. The van der Waals surface area contributed by atoms with Gasteiger partial charge in [0, 0.05) is 62.4 Å². The molecular weight excluding hydrogens is 403 g/mol. The van der Waals surface area contributed by atoms with Crippen LogP contribution in [0.1, 0.15) is 18.2 Å². The topological polar surface area (TPSA) is 48.5 Å². The summed E-state index contributed by atoms with van der Waals surface area (Å²) in [6, 6.07) is 18.8. The number of piperazine rings is 1. The lowest BCUT2D eigenvalue weighted by molar-refractivity contribution is -0.117. The number of anilines is 1. The van der Waals surface area contributed by atoms with E-state index in [0.29, 0.717) is 11.7 Å². The third kappa shape index (κ3) is 5.58. The number of rotatable bonds is 6. The van der Waals surface area contributed by atoms with E-state index in [4.69, 9.17) is 0 Å². The minimum absolute atomic E-state index is 0.0179. The van der Waals surface area contributed by atoms with Crippen molar-refractivity contribution in [3.63, 3.8) is 0 Å². The molecule has 2 heterocycles. The van der Waals surface area contributed by atoms with Crippen LogP contribution in [0.3, 0.4) is 0 Å². The van der Waals surface area contributed by atoms with Crippen molar-refractivity contribution in [3.8, 4) is 11.1 Å². The second kappa shape index (κ2) is 10.0. The highest BCUT2D eigenvalue weighted by Gasteiger charge is 2.16. The molecule has 3 aromatic rings. The first-order chi connectivity index (χ1) is 15.5. The van der Waals surface area contributed by atoms with Crippen LogP contribution in [-0.2, 0) is 17.8 Å². The van der Waals surface area contributed by atoms with Crippen LogP contribution >= 0.6 is 0 Å². The summed E-state index contributed by atoms with van der Waals surface area (Å²) in [4.78, 5) is 21.3. The fourth-order valence-corrected chi connectivity index (χ4v) is 4.00. The van der Waals surface area contributed by atoms with Gasteiger partial charge in [0.1, 0.15) is 5.82 Å². The molecule has 0 radical (unpaired) electrons. The first-order valence-corrected chi connectivity index (χ1v) is 11.0. The zero-order chi connectivity index (χ0) is 22.5. The van der Waals surface area contributed by atoms with E-state index in [2.05, 4.69) is 34.3 Å². The number of benzene rings is 2. The molecule has 0 saturated carbocycles. The molecule has 1 atom stereocenters. The molecule has 166 valence electrons. The average Bonchev–Trinajstić information content (AvgIpc) is 2.80. The van der Waals surface area contributed by atoms with Crippen molar-refractivity contribution in [2.24, 2.45) is 0 Å². The van der Waals surface area contributed by atoms with E-state index in [1.807, 2.05) is 24.3 Å². The standard InChI is InChI=1S/C26H29FN4O/c1-19-17-31(14-13-28-19)18-20-3-11-25(12-4-20)30(2)26(32)15-24-10-7-22(16-29-24)21-5-8-23(27)9-6-21/h3-12,16,19,28H,13-15,17-18H2,1-2H3/t19-/m0/s1. The van der Waals surface area contributed by atoms with Crippen LogP contribution in [0.4, 0.5) is 10.1 Å². The Morgan fingerprint density at radius 3 is 2.47 bits per heavy atom. The highest BCUT2D eigenvalue weighted by molar-refractivity contribution is 5.94. The largest absolute Gasteiger partial charge is 0.315 e. The molecule has 32 heavy (non-hydrogen) atoms. The van der Waals surface area contributed by atoms with E-state index in [-0.39, 0.29) is 18.1 Å². The molecule has 1 aliphatic rings. The molecule has 4 rings (SSSR count). The summed E-state index contributed by atoms with van der Waals surface area (Å²) in [7, 11) is 1.79. The summed E-state index contributed by atoms with van der Waals surface area (Å²) in [6.07, 6.45) is 1.95. The second-order valence-corrected chi connectivity index (χ2v) is 8.43. The summed E-state index contributed by atoms with van der Waals surface area (Å²) >= 11 is 0. The van der Waals surface area contributed by atoms with Gasteiger partial charge in [-0.25, -0.2) is 4.39 Å². The highest BCUT2D eigenvalue weighted by atomic mass is 19.1. The Bertz CT molecular complexity index is 1030. The Balaban J connectivity index is 1.34. The van der Waals surface area contributed by atoms with Gasteiger partial charge in [0.25, 0.3) is 0 Å². The van der Waals surface area contributed by atoms with E-state index in [1.165, 1.54) is 17.7 Å². The maximum absolute atomic E-state index is 13.1. The lowest BCUT2D eigenvalue weighted by atomic mass is 10.1. The van der Waals surface area contributed by atoms with E-state index in [0.717, 1.165) is 43.0 Å². The fraction of sp³-hybridized carbons (Fsp3) is 0.308. The number of likely N-dealkylation sites (N-methyl/N-ethyl adjacent to an activating group) is 1. The fourth-order valence-electron chi connectivity index (χ4n) is 4.00. The number of carbonyl (C=O) groups excluding carboxylic acids is 1. The van der Waals surface area contributed by atoms with Crippen LogP contribution in [0.25, 0.3) is 11.1 Å². The molecule has 5 nitrogen and oxygen atoms in total. The Kier molecular flexibility index (Phi) is 6.93. The summed E-state index contributed by atoms with van der Waals surface area (Å²) in [6.45, 7) is 6.26. The van der Waals surface area contributed by atoms with Crippen LogP contribution in [0, 0.1) is 5.82 Å². The average molecular weight is 433 g/mol. The molecule has 0 bridgehead atoms. The molecule has 0 aliphatic carbocycles. The van der Waals surface area contributed by atoms with Gasteiger partial charge in [0.2, 0.25) is 5.91 Å². The first-order valence-electron chi connectivity index (χ1n) is 11.0. The summed E-state index contributed by atoms with van der Waals surface area (Å²) in [5.74, 6) is -0.283. The number of nitrogens with one attached hydrogen (secondary N) is 1. The number of pyridine rings is 1. The predicted octanol–water partition coefficient (Wildman–Crippen LogP) is 3.89. The molecule has 0 unspecified atom stereocenters. The Morgan fingerprint density at radius 1 is 1.09 bits per heavy atom. The van der Waals surface area contributed by atoms with Crippen molar-refractivity contribution in [2.75, 3.05) is 31.6 Å². The minimum Gasteiger partial charge on any atom is -0.315 e. The molecule has 6 heteroatoms. The summed E-state index contributed by atoms with van der Waals surface area (Å²) in [5, 5.41) is 3.46. The van der Waals surface area contributed by atoms with E-state index < -0.39 is 0 Å². The third-order valence-electron chi connectivity index (χ3n) is 5.89. The van der Waals surface area contributed by atoms with Crippen molar-refractivity contribution in [1.82, 2.24) is 15.2 Å². The monoisotopic (exact) mass is 432 g/mol. The van der Waals surface area contributed by atoms with Crippen molar-refractivity contribution >= 4 is 11.6 Å². The van der Waals surface area contributed by atoms with Gasteiger partial charge in [-0.3, -0.25) is 14.7 Å². The third-order valence-corrected chi connectivity index (χ3v) is 5.89. The molecule has 1 amide bonds. The number of nitrogens with zero attached hydrogens (tertiary/aromatic N) is 3. The summed E-state index contributed by atoms with van der Waals surface area (Å²) < 4.78 is 13.1. The van der Waals surface area contributed by atoms with E-state index >= 15 is 0 Å². The molecule has 1 fully saturated rings. The Morgan fingerprint density at radius 2 is 1.81 bits per heavy atom. The number of hydrogen-bond acceptors (Lipinski definition) is 4. The molecule has 2 aromatic carbocycles. The van der Waals surface area contributed by atoms with Gasteiger partial charge in [0.05, 0.1) is 6.42 Å². The number of hydrogen-bond donors (Lipinski definition) is 1. The van der Waals surface area contributed by atoms with Crippen LogP contribution < -0.4 is 10.2 Å². The number of aromatic nitrogens is 1. The van der Waals surface area contributed by atoms with Gasteiger partial charge in [-0.1, -0.05) is 30.3 Å². The van der Waals surface area contributed by atoms with E-state index in [9.17, 15) is 9.18 Å². The van der Waals surface area contributed by atoms with Gasteiger partial charge in [-0.05, 0) is 48.4 Å². The van der Waals surface area contributed by atoms with Gasteiger partial charge in [0.15, 0.2) is 0 Å². The number of carbonyl (C=O) groups is 1. The van der Waals surface area contributed by atoms with Crippen LogP contribution in [0.5, 0.6) is 0 Å². The lowest BCUT2D eigenvalue weighted by Gasteiger charge is -2.31. The minimum atomic E-state index is -0.265. The van der Waals surface area contributed by atoms with Gasteiger partial charge in [-0.15, -0.1) is 0 Å². The molecule has 1 aliphatic heterocycles. The van der Waals surface area contributed by atoms with Crippen molar-refractivity contribution in [3.05, 3.63) is 83.9 Å². The highest BCUT2D eigenvalue weighted by Crippen LogP contribution is 2.20. The van der Waals surface area contributed by atoms with Gasteiger partial charge < -0.3 is 10.2 Å². The number of amides is 1. The van der Waals surface area contributed by atoms with Crippen LogP contribution in [-0.4, -0.2) is 48.5 Å². The lowest BCUT2D eigenvalue weighted by Crippen LogP contribution is -2.48. The Labute approximate surface area is 188 Å². The van der Waals surface area contributed by atoms with Gasteiger partial charge >= 0.3 is 0 Å². The van der Waals surface area contributed by atoms with Crippen molar-refractivity contribution < 1.29 is 9.18 Å². The molecule has 0 spiro atoms. The zero-order valence-electron chi connectivity index (χ0n) is 18.6. The summed E-state index contributed by atoms with van der Waals surface area (Å²) in [5.41, 5.74) is 4.61. The SMILES string of the molecule is C[C@H]1CN(Cc2ccc(N(C)C(=O)Cc3ccc(-c4ccc(F)cc4)cn3)cc2)CCN1.